The molecule has 0 spiro atoms. The van der Waals surface area contributed by atoms with Crippen molar-refractivity contribution in [2.24, 2.45) is 0 Å². The molecule has 1 aromatic heterocycles. The molecule has 0 unspecified atom stereocenters. The van der Waals surface area contributed by atoms with Gasteiger partial charge in [-0.15, -0.1) is 5.10 Å². The maximum Gasteiger partial charge on any atom is 0.342 e. The number of nitro groups is 1. The molecule has 2 N–H and O–H groups in total. The Kier molecular flexibility index (Phi) is 2.97. The Morgan fingerprint density at radius 3 is 3.00 bits per heavy atom. The van der Waals surface area contributed by atoms with E-state index in [9.17, 15) is 10.1 Å². The van der Waals surface area contributed by atoms with Crippen LogP contribution in [0.3, 0.4) is 0 Å². The molecule has 0 aliphatic carbocycles. The Morgan fingerprint density at radius 1 is 1.85 bits per heavy atom. The quantitative estimate of drug-likeness (QED) is 0.531. The molecule has 0 saturated carbocycles. The van der Waals surface area contributed by atoms with Crippen LogP contribution in [0.15, 0.2) is 6.07 Å². The molecular formula is C7H11N3O3. The fraction of sp³-hybridized carbons (Fsp3) is 0.571. The van der Waals surface area contributed by atoms with Crippen molar-refractivity contribution in [3.63, 3.8) is 0 Å². The van der Waals surface area contributed by atoms with Crippen LogP contribution in [-0.4, -0.2) is 26.3 Å². The van der Waals surface area contributed by atoms with Crippen molar-refractivity contribution in [1.82, 2.24) is 10.2 Å². The summed E-state index contributed by atoms with van der Waals surface area (Å²) in [5.41, 5.74) is 0.604. The Hall–Kier alpha value is -1.43. The predicted molar refractivity (Wildman–Crippen MR) is 45.2 cm³/mol. The van der Waals surface area contributed by atoms with Crippen LogP contribution >= 0.6 is 0 Å². The molecule has 0 bridgehead atoms. The summed E-state index contributed by atoms with van der Waals surface area (Å²) < 4.78 is 0. The molecule has 0 saturated heterocycles. The Balaban J connectivity index is 2.54. The summed E-state index contributed by atoms with van der Waals surface area (Å²) >= 11 is 0. The molecule has 13 heavy (non-hydrogen) atoms. The molecule has 6 nitrogen and oxygen atoms in total. The molecule has 0 amide bonds. The second-order valence-electron chi connectivity index (χ2n) is 2.89. The van der Waals surface area contributed by atoms with Gasteiger partial charge in [-0.3, -0.25) is 0 Å². The first-order valence-corrected chi connectivity index (χ1v) is 3.96. The second kappa shape index (κ2) is 3.99. The van der Waals surface area contributed by atoms with E-state index in [0.29, 0.717) is 18.5 Å². The number of aliphatic hydroxyl groups is 1. The minimum atomic E-state index is -0.529. The van der Waals surface area contributed by atoms with Crippen LogP contribution in [0.1, 0.15) is 19.0 Å². The number of rotatable bonds is 4. The van der Waals surface area contributed by atoms with Crippen molar-refractivity contribution in [2.75, 3.05) is 0 Å². The first-order valence-electron chi connectivity index (χ1n) is 3.96. The van der Waals surface area contributed by atoms with Crippen molar-refractivity contribution in [3.05, 3.63) is 21.9 Å². The van der Waals surface area contributed by atoms with E-state index in [1.54, 1.807) is 6.92 Å². The number of nitrogens with zero attached hydrogens (tertiary/aromatic N) is 2. The van der Waals surface area contributed by atoms with Crippen LogP contribution in [-0.2, 0) is 6.42 Å². The summed E-state index contributed by atoms with van der Waals surface area (Å²) in [7, 11) is 0. The lowest BCUT2D eigenvalue weighted by molar-refractivity contribution is -0.389. The van der Waals surface area contributed by atoms with Gasteiger partial charge in [-0.2, -0.15) is 0 Å². The van der Waals surface area contributed by atoms with E-state index in [-0.39, 0.29) is 5.82 Å². The summed E-state index contributed by atoms with van der Waals surface area (Å²) in [4.78, 5) is 9.71. The lowest BCUT2D eigenvalue weighted by Crippen LogP contribution is -2.01. The maximum atomic E-state index is 10.2. The number of nitrogens with one attached hydrogen (secondary N) is 1. The number of H-pyrrole nitrogens is 1. The standard InChI is InChI=1S/C7H11N3O3/c1-5(11)2-3-6-4-7(9-8-6)10(12)13/h4-5,11H,2-3H2,1H3,(H,8,9)/t5-/m0/s1. The molecule has 72 valence electrons. The summed E-state index contributed by atoms with van der Waals surface area (Å²) in [6.07, 6.45) is 0.694. The third-order valence-corrected chi connectivity index (χ3v) is 1.63. The monoisotopic (exact) mass is 185 g/mol. The van der Waals surface area contributed by atoms with Crippen LogP contribution in [0.25, 0.3) is 0 Å². The van der Waals surface area contributed by atoms with E-state index in [1.807, 2.05) is 0 Å². The normalized spacial score (nSPS) is 12.8. The van der Waals surface area contributed by atoms with Crippen molar-refractivity contribution < 1.29 is 10.0 Å². The van der Waals surface area contributed by atoms with Gasteiger partial charge < -0.3 is 15.2 Å². The van der Waals surface area contributed by atoms with Crippen molar-refractivity contribution in [3.8, 4) is 0 Å². The lowest BCUT2D eigenvalue weighted by Gasteiger charge is -1.98. The van der Waals surface area contributed by atoms with Crippen molar-refractivity contribution in [2.45, 2.75) is 25.9 Å². The lowest BCUT2D eigenvalue weighted by atomic mass is 10.2. The highest BCUT2D eigenvalue weighted by Crippen LogP contribution is 2.10. The van der Waals surface area contributed by atoms with Crippen molar-refractivity contribution >= 4 is 5.82 Å². The van der Waals surface area contributed by atoms with E-state index in [0.717, 1.165) is 0 Å². The van der Waals surface area contributed by atoms with Crippen LogP contribution in [0.5, 0.6) is 0 Å². The SMILES string of the molecule is C[C@H](O)CCc1cc([N+](=O)[O-])[nH]n1. The fourth-order valence-electron chi connectivity index (χ4n) is 0.930. The fourth-order valence-corrected chi connectivity index (χ4v) is 0.930. The summed E-state index contributed by atoms with van der Waals surface area (Å²) in [6, 6.07) is 1.38. The number of hydrogen-bond acceptors (Lipinski definition) is 4. The molecular weight excluding hydrogens is 174 g/mol. The maximum absolute atomic E-state index is 10.2. The third-order valence-electron chi connectivity index (χ3n) is 1.63. The summed E-state index contributed by atoms with van der Waals surface area (Å²) in [5.74, 6) is -0.111. The van der Waals surface area contributed by atoms with Gasteiger partial charge in [-0.05, 0) is 24.7 Å². The smallest absolute Gasteiger partial charge is 0.342 e. The van der Waals surface area contributed by atoms with Gasteiger partial charge in [-0.1, -0.05) is 5.10 Å². The molecule has 6 heteroatoms. The topological polar surface area (TPSA) is 92.0 Å². The van der Waals surface area contributed by atoms with E-state index in [1.165, 1.54) is 6.07 Å². The van der Waals surface area contributed by atoms with Gasteiger partial charge >= 0.3 is 5.82 Å². The molecule has 1 atom stereocenters. The average molecular weight is 185 g/mol. The third kappa shape index (κ3) is 2.83. The van der Waals surface area contributed by atoms with Crippen LogP contribution in [0.4, 0.5) is 5.82 Å². The van der Waals surface area contributed by atoms with Gasteiger partial charge in [0.25, 0.3) is 0 Å². The van der Waals surface area contributed by atoms with Gasteiger partial charge in [0.15, 0.2) is 0 Å². The van der Waals surface area contributed by atoms with E-state index in [2.05, 4.69) is 10.2 Å². The van der Waals surface area contributed by atoms with Gasteiger partial charge in [-0.25, -0.2) is 0 Å². The van der Waals surface area contributed by atoms with Crippen LogP contribution in [0.2, 0.25) is 0 Å². The second-order valence-corrected chi connectivity index (χ2v) is 2.89. The highest BCUT2D eigenvalue weighted by molar-refractivity contribution is 5.20. The molecule has 0 radical (unpaired) electrons. The van der Waals surface area contributed by atoms with E-state index >= 15 is 0 Å². The largest absolute Gasteiger partial charge is 0.393 e. The van der Waals surface area contributed by atoms with Gasteiger partial charge in [0, 0.05) is 0 Å². The van der Waals surface area contributed by atoms with Gasteiger partial charge in [0.1, 0.15) is 0 Å². The zero-order chi connectivity index (χ0) is 9.84. The minimum Gasteiger partial charge on any atom is -0.393 e. The molecule has 0 aromatic carbocycles. The Bertz CT molecular complexity index is 295. The zero-order valence-electron chi connectivity index (χ0n) is 7.23. The Morgan fingerprint density at radius 2 is 2.54 bits per heavy atom. The Labute approximate surface area is 74.7 Å². The van der Waals surface area contributed by atoms with Crippen molar-refractivity contribution in [1.29, 1.82) is 0 Å². The molecule has 0 fully saturated rings. The summed E-state index contributed by atoms with van der Waals surface area (Å²) in [6.45, 7) is 1.67. The number of aromatic amines is 1. The molecule has 1 rings (SSSR count). The molecule has 0 aliphatic rings. The van der Waals surface area contributed by atoms with Crippen LogP contribution in [0, 0.1) is 10.1 Å². The minimum absolute atomic E-state index is 0.111. The highest BCUT2D eigenvalue weighted by atomic mass is 16.6. The van der Waals surface area contributed by atoms with Gasteiger partial charge in [0.2, 0.25) is 0 Å². The predicted octanol–water partition coefficient (Wildman–Crippen LogP) is 0.631. The summed E-state index contributed by atoms with van der Waals surface area (Å²) in [5, 5.41) is 25.2. The zero-order valence-corrected chi connectivity index (χ0v) is 7.23. The van der Waals surface area contributed by atoms with E-state index < -0.39 is 11.0 Å². The average Bonchev–Trinajstić information content (AvgIpc) is 2.48. The van der Waals surface area contributed by atoms with Gasteiger partial charge in [0.05, 0.1) is 17.9 Å². The number of hydrogen-bond donors (Lipinski definition) is 2. The number of aryl methyl sites for hydroxylation is 1. The molecule has 0 aliphatic heterocycles. The molecule has 1 aromatic rings. The number of aliphatic hydroxyl groups excluding tert-OH is 1. The van der Waals surface area contributed by atoms with Crippen LogP contribution < -0.4 is 0 Å². The molecule has 1 heterocycles. The highest BCUT2D eigenvalue weighted by Gasteiger charge is 2.09. The number of aromatic nitrogens is 2. The first kappa shape index (κ1) is 9.66. The first-order chi connectivity index (χ1) is 6.09. The van der Waals surface area contributed by atoms with E-state index in [4.69, 9.17) is 5.11 Å².